The molecule has 0 saturated carbocycles. The number of hydrogen-bond acceptors (Lipinski definition) is 8. The quantitative estimate of drug-likeness (QED) is 0.316. The Balaban J connectivity index is 0.00000280. The number of hydrogen-bond donors (Lipinski definition) is 1. The summed E-state index contributed by atoms with van der Waals surface area (Å²) < 4.78 is 12.7. The third-order valence-corrected chi connectivity index (χ3v) is 4.25. The summed E-state index contributed by atoms with van der Waals surface area (Å²) in [5, 5.41) is 14.3. The standard InChI is InChI=1S/C15H20N8O4.Ac/c1-5-8-9(20-21-16)11(24)14(26-8)23-6-17-10-12(23)18-7(2)19-13(10)27-15(25)22(3)4;/h6,8-9,11,14,24H,5H2,1-4H3;/t8-,9?,11+,14-;/m1./s1. The van der Waals surface area contributed by atoms with Gasteiger partial charge in [-0.3, -0.25) is 4.57 Å². The van der Waals surface area contributed by atoms with E-state index in [4.69, 9.17) is 15.0 Å². The van der Waals surface area contributed by atoms with E-state index in [0.717, 1.165) is 0 Å². The molecule has 1 N–H and O–H groups in total. The molecule has 12 nitrogen and oxygen atoms in total. The molecule has 1 aliphatic rings. The van der Waals surface area contributed by atoms with Crippen molar-refractivity contribution in [1.29, 1.82) is 0 Å². The van der Waals surface area contributed by atoms with Crippen molar-refractivity contribution in [2.75, 3.05) is 14.1 Å². The van der Waals surface area contributed by atoms with Crippen molar-refractivity contribution >= 4 is 17.3 Å². The fraction of sp³-hybridized carbons (Fsp3) is 0.600. The summed E-state index contributed by atoms with van der Waals surface area (Å²) in [6.07, 6.45) is -0.981. The summed E-state index contributed by atoms with van der Waals surface area (Å²) in [5.74, 6) is 0.373. The van der Waals surface area contributed by atoms with E-state index in [0.29, 0.717) is 17.9 Å². The van der Waals surface area contributed by atoms with Crippen molar-refractivity contribution in [1.82, 2.24) is 24.4 Å². The van der Waals surface area contributed by atoms with E-state index in [2.05, 4.69) is 25.0 Å². The van der Waals surface area contributed by atoms with E-state index < -0.39 is 30.6 Å². The molecule has 3 heterocycles. The van der Waals surface area contributed by atoms with Crippen molar-refractivity contribution in [2.45, 2.75) is 44.7 Å². The number of amides is 1. The minimum atomic E-state index is -1.08. The first-order chi connectivity index (χ1) is 12.9. The molecule has 0 bridgehead atoms. The van der Waals surface area contributed by atoms with Gasteiger partial charge in [-0.15, -0.1) is 0 Å². The summed E-state index contributed by atoms with van der Waals surface area (Å²) in [5.41, 5.74) is 9.34. The number of carbonyl (C=O) groups excluding carboxylic acids is 1. The summed E-state index contributed by atoms with van der Waals surface area (Å²) in [6.45, 7) is 3.52. The Morgan fingerprint density at radius 2 is 2.21 bits per heavy atom. The Hall–Kier alpha value is -1.51. The van der Waals surface area contributed by atoms with Gasteiger partial charge in [0.15, 0.2) is 17.4 Å². The van der Waals surface area contributed by atoms with E-state index >= 15 is 0 Å². The number of ether oxygens (including phenoxy) is 2. The van der Waals surface area contributed by atoms with Gasteiger partial charge in [0, 0.05) is 63.1 Å². The number of fused-ring (bicyclic) bond motifs is 1. The van der Waals surface area contributed by atoms with E-state index in [1.807, 2.05) is 6.92 Å². The van der Waals surface area contributed by atoms with Crippen LogP contribution in [0.15, 0.2) is 11.4 Å². The van der Waals surface area contributed by atoms with E-state index in [9.17, 15) is 9.90 Å². The normalized spacial score (nSPS) is 23.8. The van der Waals surface area contributed by atoms with Crippen molar-refractivity contribution in [3.8, 4) is 5.88 Å². The molecule has 2 aromatic rings. The molecule has 1 radical (unpaired) electrons. The fourth-order valence-electron chi connectivity index (χ4n) is 2.92. The predicted molar refractivity (Wildman–Crippen MR) is 92.9 cm³/mol. The molecule has 147 valence electrons. The minimum Gasteiger partial charge on any atom is -0.389 e. The Kier molecular flexibility index (Phi) is 7.59. The smallest absolute Gasteiger partial charge is 0.389 e. The molecule has 1 amide bonds. The molecule has 1 saturated heterocycles. The van der Waals surface area contributed by atoms with Gasteiger partial charge in [-0.25, -0.2) is 14.8 Å². The van der Waals surface area contributed by atoms with Gasteiger partial charge in [0.2, 0.25) is 0 Å². The third-order valence-electron chi connectivity index (χ3n) is 4.25. The molecule has 0 aromatic carbocycles. The number of aryl methyl sites for hydroxylation is 1. The molecular formula is C15H20AcN8O4. The van der Waals surface area contributed by atoms with Crippen LogP contribution in [0.25, 0.3) is 21.6 Å². The van der Waals surface area contributed by atoms with Crippen LogP contribution in [0.1, 0.15) is 25.4 Å². The summed E-state index contributed by atoms with van der Waals surface area (Å²) >= 11 is 0. The van der Waals surface area contributed by atoms with E-state index in [1.165, 1.54) is 15.8 Å². The summed E-state index contributed by atoms with van der Waals surface area (Å²) in [7, 11) is 3.10. The second kappa shape index (κ2) is 9.33. The molecule has 0 aliphatic carbocycles. The van der Waals surface area contributed by atoms with Gasteiger partial charge in [0.1, 0.15) is 11.9 Å². The van der Waals surface area contributed by atoms with Gasteiger partial charge in [-0.05, 0) is 18.9 Å². The number of nitrogens with zero attached hydrogens (tertiary/aromatic N) is 8. The first-order valence-electron chi connectivity index (χ1n) is 8.35. The summed E-state index contributed by atoms with van der Waals surface area (Å²) in [4.78, 5) is 28.6. The Labute approximate surface area is 196 Å². The van der Waals surface area contributed by atoms with Gasteiger partial charge in [-0.2, -0.15) is 4.98 Å². The average Bonchev–Trinajstić information content (AvgIpc) is 3.17. The van der Waals surface area contributed by atoms with Gasteiger partial charge >= 0.3 is 6.09 Å². The Morgan fingerprint density at radius 3 is 2.82 bits per heavy atom. The van der Waals surface area contributed by atoms with Crippen LogP contribution in [0.5, 0.6) is 5.88 Å². The van der Waals surface area contributed by atoms with E-state index in [-0.39, 0.29) is 55.5 Å². The third kappa shape index (κ3) is 4.24. The van der Waals surface area contributed by atoms with Gasteiger partial charge in [0.25, 0.3) is 5.88 Å². The van der Waals surface area contributed by atoms with Crippen molar-refractivity contribution in [3.63, 3.8) is 0 Å². The van der Waals surface area contributed by atoms with Crippen molar-refractivity contribution in [3.05, 3.63) is 22.6 Å². The van der Waals surface area contributed by atoms with Crippen LogP contribution in [0, 0.1) is 51.0 Å². The number of aliphatic hydroxyl groups excluding tert-OH is 1. The Bertz CT molecular complexity index is 913. The maximum absolute atomic E-state index is 11.9. The molecular weight excluding hydrogens is 583 g/mol. The van der Waals surface area contributed by atoms with Crippen LogP contribution < -0.4 is 4.74 Å². The first kappa shape index (κ1) is 22.8. The Morgan fingerprint density at radius 1 is 1.50 bits per heavy atom. The number of aromatic nitrogens is 4. The maximum atomic E-state index is 11.9. The largest absolute Gasteiger partial charge is 0.416 e. The van der Waals surface area contributed by atoms with Crippen molar-refractivity contribution < 1.29 is 63.4 Å². The first-order valence-corrected chi connectivity index (χ1v) is 8.35. The molecule has 0 spiro atoms. The van der Waals surface area contributed by atoms with Crippen LogP contribution in [-0.2, 0) is 4.74 Å². The molecule has 28 heavy (non-hydrogen) atoms. The number of azide groups is 1. The zero-order chi connectivity index (χ0) is 19.7. The van der Waals surface area contributed by atoms with Crippen LogP contribution in [0.3, 0.4) is 0 Å². The zero-order valence-corrected chi connectivity index (χ0v) is 20.7. The van der Waals surface area contributed by atoms with Gasteiger partial charge in [0.05, 0.1) is 18.5 Å². The summed E-state index contributed by atoms with van der Waals surface area (Å²) in [6, 6.07) is -0.726. The second-order valence-corrected chi connectivity index (χ2v) is 6.32. The molecule has 13 heteroatoms. The van der Waals surface area contributed by atoms with Gasteiger partial charge in [-0.1, -0.05) is 12.0 Å². The number of aliphatic hydroxyl groups is 1. The molecule has 3 rings (SSSR count). The molecule has 2 aromatic heterocycles. The number of rotatable bonds is 4. The fourth-order valence-corrected chi connectivity index (χ4v) is 2.92. The van der Waals surface area contributed by atoms with Gasteiger partial charge < -0.3 is 19.5 Å². The molecule has 1 unspecified atom stereocenters. The monoisotopic (exact) mass is 603 g/mol. The van der Waals surface area contributed by atoms with Crippen LogP contribution in [0.2, 0.25) is 0 Å². The molecule has 1 aliphatic heterocycles. The molecule has 1 fully saturated rings. The number of carbonyl (C=O) groups is 1. The molecule has 4 atom stereocenters. The average molecular weight is 603 g/mol. The van der Waals surface area contributed by atoms with Crippen LogP contribution >= 0.6 is 0 Å². The van der Waals surface area contributed by atoms with Crippen LogP contribution in [-0.4, -0.2) is 68.0 Å². The minimum absolute atomic E-state index is 0. The topological polar surface area (TPSA) is 151 Å². The SMILES string of the molecule is CC[C@H]1O[C@@H](n2cnc3c(OC(=O)N(C)C)nc(C)nc32)[C@@H](O)C1N=[N+]=[N-].[Ac]. The zero-order valence-electron chi connectivity index (χ0n) is 15.9. The van der Waals surface area contributed by atoms with Crippen LogP contribution in [0.4, 0.5) is 4.79 Å². The predicted octanol–water partition coefficient (Wildman–Crippen LogP) is 1.54. The number of imidazole rings is 1. The van der Waals surface area contributed by atoms with Crippen molar-refractivity contribution in [2.24, 2.45) is 5.11 Å². The second-order valence-electron chi connectivity index (χ2n) is 6.32. The van der Waals surface area contributed by atoms with E-state index in [1.54, 1.807) is 21.0 Å². The maximum Gasteiger partial charge on any atom is 0.416 e.